The molecule has 0 saturated carbocycles. The molecule has 3 nitrogen and oxygen atoms in total. The second-order valence-electron chi connectivity index (χ2n) is 2.86. The first kappa shape index (κ1) is 12.6. The fourth-order valence-electron chi connectivity index (χ4n) is 0.972. The van der Waals surface area contributed by atoms with Crippen LogP contribution in [-0.4, -0.2) is 19.2 Å². The maximum atomic E-state index is 11.1. The van der Waals surface area contributed by atoms with Gasteiger partial charge in [0.2, 0.25) is 0 Å². The summed E-state index contributed by atoms with van der Waals surface area (Å²) >= 11 is 8.05. The van der Waals surface area contributed by atoms with Gasteiger partial charge in [-0.05, 0) is 47.7 Å². The van der Waals surface area contributed by atoms with E-state index in [1.807, 2.05) is 6.07 Å². The lowest BCUT2D eigenvalue weighted by Gasteiger charge is -2.13. The molecule has 5 heteroatoms. The van der Waals surface area contributed by atoms with E-state index in [1.54, 1.807) is 19.1 Å². The van der Waals surface area contributed by atoms with Crippen molar-refractivity contribution >= 4 is 40.2 Å². The van der Waals surface area contributed by atoms with E-state index in [4.69, 9.17) is 16.3 Å². The van der Waals surface area contributed by atoms with Gasteiger partial charge in [-0.15, -0.1) is 0 Å². The molecule has 1 unspecified atom stereocenters. The molecule has 0 heterocycles. The maximum Gasteiger partial charge on any atom is 0.346 e. The Balaban J connectivity index is 2.80. The monoisotopic (exact) mass is 340 g/mol. The third-order valence-electron chi connectivity index (χ3n) is 1.73. The van der Waals surface area contributed by atoms with Gasteiger partial charge in [-0.2, -0.15) is 0 Å². The first-order valence-corrected chi connectivity index (χ1v) is 5.70. The highest BCUT2D eigenvalue weighted by molar-refractivity contribution is 14.1. The fourth-order valence-corrected chi connectivity index (χ4v) is 1.60. The minimum Gasteiger partial charge on any atom is -0.477 e. The smallest absolute Gasteiger partial charge is 0.346 e. The SMILES string of the molecule is COC(=O)C(C)Oc1cc(I)ccc1Cl. The van der Waals surface area contributed by atoms with Gasteiger partial charge in [0, 0.05) is 3.57 Å². The van der Waals surface area contributed by atoms with Gasteiger partial charge >= 0.3 is 5.97 Å². The fraction of sp³-hybridized carbons (Fsp3) is 0.300. The van der Waals surface area contributed by atoms with Crippen molar-refractivity contribution in [3.8, 4) is 5.75 Å². The Kier molecular flexibility index (Phi) is 4.66. The van der Waals surface area contributed by atoms with Crippen molar-refractivity contribution in [1.82, 2.24) is 0 Å². The van der Waals surface area contributed by atoms with Gasteiger partial charge in [0.15, 0.2) is 6.10 Å². The van der Waals surface area contributed by atoms with E-state index in [2.05, 4.69) is 27.3 Å². The highest BCUT2D eigenvalue weighted by Gasteiger charge is 2.16. The molecule has 0 bridgehead atoms. The lowest BCUT2D eigenvalue weighted by molar-refractivity contribution is -0.147. The molecular weight excluding hydrogens is 330 g/mol. The van der Waals surface area contributed by atoms with Gasteiger partial charge < -0.3 is 9.47 Å². The van der Waals surface area contributed by atoms with Gasteiger partial charge in [0.25, 0.3) is 0 Å². The molecular formula is C10H10ClIO3. The molecule has 0 amide bonds. The van der Waals surface area contributed by atoms with E-state index >= 15 is 0 Å². The van der Waals surface area contributed by atoms with Crippen molar-refractivity contribution in [1.29, 1.82) is 0 Å². The topological polar surface area (TPSA) is 35.5 Å². The van der Waals surface area contributed by atoms with Crippen LogP contribution in [0.4, 0.5) is 0 Å². The summed E-state index contributed by atoms with van der Waals surface area (Å²) in [5.74, 6) is 0.0615. The molecule has 1 aromatic carbocycles. The molecule has 15 heavy (non-hydrogen) atoms. The van der Waals surface area contributed by atoms with Crippen LogP contribution in [0.25, 0.3) is 0 Å². The third kappa shape index (κ3) is 3.53. The minimum absolute atomic E-state index is 0.426. The van der Waals surface area contributed by atoms with Crippen LogP contribution in [0.15, 0.2) is 18.2 Å². The highest BCUT2D eigenvalue weighted by Crippen LogP contribution is 2.27. The van der Waals surface area contributed by atoms with Crippen LogP contribution in [0.2, 0.25) is 5.02 Å². The summed E-state index contributed by atoms with van der Waals surface area (Å²) in [6, 6.07) is 5.35. The predicted octanol–water partition coefficient (Wildman–Crippen LogP) is 2.88. The van der Waals surface area contributed by atoms with E-state index < -0.39 is 12.1 Å². The first-order chi connectivity index (χ1) is 7.04. The Morgan fingerprint density at radius 3 is 2.80 bits per heavy atom. The zero-order chi connectivity index (χ0) is 11.4. The van der Waals surface area contributed by atoms with Gasteiger partial charge in [-0.1, -0.05) is 11.6 Å². The van der Waals surface area contributed by atoms with Crippen LogP contribution >= 0.6 is 34.2 Å². The second-order valence-corrected chi connectivity index (χ2v) is 4.51. The number of hydrogen-bond acceptors (Lipinski definition) is 3. The van der Waals surface area contributed by atoms with Gasteiger partial charge in [0.1, 0.15) is 5.75 Å². The maximum absolute atomic E-state index is 11.1. The average molecular weight is 341 g/mol. The number of esters is 1. The van der Waals surface area contributed by atoms with Gasteiger partial charge in [-0.25, -0.2) is 4.79 Å². The molecule has 1 aromatic rings. The molecule has 0 N–H and O–H groups in total. The molecule has 0 aromatic heterocycles. The number of carbonyl (C=O) groups is 1. The molecule has 0 fully saturated rings. The molecule has 0 aliphatic rings. The van der Waals surface area contributed by atoms with Crippen molar-refractivity contribution in [2.75, 3.05) is 7.11 Å². The Hall–Kier alpha value is -0.490. The van der Waals surface area contributed by atoms with Crippen LogP contribution in [0.3, 0.4) is 0 Å². The van der Waals surface area contributed by atoms with Crippen molar-refractivity contribution < 1.29 is 14.3 Å². The van der Waals surface area contributed by atoms with Gasteiger partial charge in [0.05, 0.1) is 12.1 Å². The standard InChI is InChI=1S/C10H10ClIO3/c1-6(10(13)14-2)15-9-5-7(12)3-4-8(9)11/h3-6H,1-2H3. The summed E-state index contributed by atoms with van der Waals surface area (Å²) in [5.41, 5.74) is 0. The highest BCUT2D eigenvalue weighted by atomic mass is 127. The van der Waals surface area contributed by atoms with Crippen LogP contribution < -0.4 is 4.74 Å². The van der Waals surface area contributed by atoms with Crippen LogP contribution in [-0.2, 0) is 9.53 Å². The van der Waals surface area contributed by atoms with Crippen LogP contribution in [0.1, 0.15) is 6.92 Å². The first-order valence-electron chi connectivity index (χ1n) is 4.24. The third-order valence-corrected chi connectivity index (χ3v) is 2.71. The second kappa shape index (κ2) is 5.55. The van der Waals surface area contributed by atoms with Crippen molar-refractivity contribution in [2.45, 2.75) is 13.0 Å². The summed E-state index contributed by atoms with van der Waals surface area (Å²) in [6.45, 7) is 1.61. The van der Waals surface area contributed by atoms with Crippen molar-refractivity contribution in [3.63, 3.8) is 0 Å². The lowest BCUT2D eigenvalue weighted by atomic mass is 10.3. The van der Waals surface area contributed by atoms with Gasteiger partial charge in [-0.3, -0.25) is 0 Å². The van der Waals surface area contributed by atoms with E-state index in [0.29, 0.717) is 10.8 Å². The lowest BCUT2D eigenvalue weighted by Crippen LogP contribution is -2.25. The van der Waals surface area contributed by atoms with Crippen molar-refractivity contribution in [2.24, 2.45) is 0 Å². The summed E-state index contributed by atoms with van der Waals surface area (Å²) in [6.07, 6.45) is -0.661. The summed E-state index contributed by atoms with van der Waals surface area (Å²) < 4.78 is 10.9. The summed E-state index contributed by atoms with van der Waals surface area (Å²) in [4.78, 5) is 11.1. The van der Waals surface area contributed by atoms with E-state index in [0.717, 1.165) is 3.57 Å². The zero-order valence-electron chi connectivity index (χ0n) is 8.29. The van der Waals surface area contributed by atoms with Crippen molar-refractivity contribution in [3.05, 3.63) is 26.8 Å². The van der Waals surface area contributed by atoms with E-state index in [9.17, 15) is 4.79 Å². The number of hydrogen-bond donors (Lipinski definition) is 0. The van der Waals surface area contributed by atoms with E-state index in [1.165, 1.54) is 7.11 Å². The predicted molar refractivity (Wildman–Crippen MR) is 66.3 cm³/mol. The molecule has 1 rings (SSSR count). The molecule has 82 valence electrons. The number of carbonyl (C=O) groups excluding carboxylic acids is 1. The number of halogens is 2. The Morgan fingerprint density at radius 2 is 2.20 bits per heavy atom. The average Bonchev–Trinajstić information content (AvgIpc) is 2.22. The Labute approximate surface area is 107 Å². The molecule has 0 aliphatic heterocycles. The summed E-state index contributed by atoms with van der Waals surface area (Å²) in [5, 5.41) is 0.478. The number of rotatable bonds is 3. The van der Waals surface area contributed by atoms with Crippen LogP contribution in [0.5, 0.6) is 5.75 Å². The number of methoxy groups -OCH3 is 1. The quantitative estimate of drug-likeness (QED) is 0.627. The minimum atomic E-state index is -0.661. The molecule has 1 atom stereocenters. The van der Waals surface area contributed by atoms with E-state index in [-0.39, 0.29) is 0 Å². The largest absolute Gasteiger partial charge is 0.477 e. The molecule has 0 radical (unpaired) electrons. The van der Waals surface area contributed by atoms with Crippen LogP contribution in [0, 0.1) is 3.57 Å². The Bertz CT molecular complexity index is 368. The number of benzene rings is 1. The zero-order valence-corrected chi connectivity index (χ0v) is 11.2. The summed E-state index contributed by atoms with van der Waals surface area (Å²) in [7, 11) is 1.32. The normalized spacial score (nSPS) is 12.0. The Morgan fingerprint density at radius 1 is 1.53 bits per heavy atom. The molecule has 0 spiro atoms. The molecule has 0 aliphatic carbocycles. The number of ether oxygens (including phenoxy) is 2. The molecule has 0 saturated heterocycles.